The number of nitrogens with one attached hydrogen (secondary N) is 1. The van der Waals surface area contributed by atoms with Crippen LogP contribution >= 0.6 is 0 Å². The number of rotatable bonds is 4. The van der Waals surface area contributed by atoms with Crippen molar-refractivity contribution in [2.75, 3.05) is 7.05 Å². The predicted octanol–water partition coefficient (Wildman–Crippen LogP) is 2.57. The molecule has 1 aromatic carbocycles. The number of hydrogen-bond donors (Lipinski definition) is 1. The minimum Gasteiger partial charge on any atom is -0.310 e. The van der Waals surface area contributed by atoms with E-state index in [1.807, 2.05) is 6.92 Å². The van der Waals surface area contributed by atoms with Gasteiger partial charge in [0.2, 0.25) is 0 Å². The molecule has 1 aromatic heterocycles. The largest absolute Gasteiger partial charge is 0.310 e. The van der Waals surface area contributed by atoms with Gasteiger partial charge in [0, 0.05) is 12.4 Å². The Labute approximate surface area is 110 Å². The summed E-state index contributed by atoms with van der Waals surface area (Å²) in [4.78, 5) is 8.42. The molecule has 1 N–H and O–H groups in total. The Morgan fingerprint density at radius 3 is 2.53 bits per heavy atom. The molecule has 5 heteroatoms. The fraction of sp³-hybridized carbons (Fsp3) is 0.286. The van der Waals surface area contributed by atoms with Crippen molar-refractivity contribution in [2.24, 2.45) is 0 Å². The van der Waals surface area contributed by atoms with Gasteiger partial charge < -0.3 is 5.32 Å². The zero-order chi connectivity index (χ0) is 13.8. The second-order valence-corrected chi connectivity index (χ2v) is 4.38. The standard InChI is InChI=1S/C14H15F2N3/c1-9-7-18-14(19-8-9)12(17-2)6-10-4-3-5-11(15)13(10)16/h3-5,7-8,12,17H,6H2,1-2H3. The number of likely N-dealkylation sites (N-methyl/N-ethyl adjacent to an activating group) is 1. The van der Waals surface area contributed by atoms with Gasteiger partial charge in [0.25, 0.3) is 0 Å². The molecule has 1 unspecified atom stereocenters. The molecule has 0 aliphatic rings. The molecule has 0 saturated heterocycles. The van der Waals surface area contributed by atoms with Gasteiger partial charge in [0.15, 0.2) is 11.6 Å². The van der Waals surface area contributed by atoms with Crippen molar-refractivity contribution in [1.82, 2.24) is 15.3 Å². The molecule has 1 atom stereocenters. The van der Waals surface area contributed by atoms with Crippen LogP contribution in [0, 0.1) is 18.6 Å². The number of aryl methyl sites for hydroxylation is 1. The monoisotopic (exact) mass is 263 g/mol. The maximum atomic E-state index is 13.6. The van der Waals surface area contributed by atoms with Crippen LogP contribution in [-0.4, -0.2) is 17.0 Å². The van der Waals surface area contributed by atoms with Crippen molar-refractivity contribution in [1.29, 1.82) is 0 Å². The van der Waals surface area contributed by atoms with Gasteiger partial charge >= 0.3 is 0 Å². The molecule has 100 valence electrons. The van der Waals surface area contributed by atoms with Crippen LogP contribution in [0.4, 0.5) is 8.78 Å². The van der Waals surface area contributed by atoms with Crippen LogP contribution in [0.25, 0.3) is 0 Å². The first-order valence-corrected chi connectivity index (χ1v) is 6.00. The Kier molecular flexibility index (Phi) is 4.16. The Morgan fingerprint density at radius 2 is 1.89 bits per heavy atom. The predicted molar refractivity (Wildman–Crippen MR) is 68.6 cm³/mol. The second-order valence-electron chi connectivity index (χ2n) is 4.38. The first-order chi connectivity index (χ1) is 9.11. The fourth-order valence-corrected chi connectivity index (χ4v) is 1.83. The van der Waals surface area contributed by atoms with Crippen LogP contribution in [0.3, 0.4) is 0 Å². The first kappa shape index (κ1) is 13.5. The minimum atomic E-state index is -0.836. The highest BCUT2D eigenvalue weighted by molar-refractivity contribution is 5.21. The number of nitrogens with zero attached hydrogens (tertiary/aromatic N) is 2. The van der Waals surface area contributed by atoms with Gasteiger partial charge in [-0.05, 0) is 37.6 Å². The number of aromatic nitrogens is 2. The first-order valence-electron chi connectivity index (χ1n) is 6.00. The van der Waals surface area contributed by atoms with Gasteiger partial charge in [0.1, 0.15) is 5.82 Å². The topological polar surface area (TPSA) is 37.8 Å². The molecule has 19 heavy (non-hydrogen) atoms. The number of hydrogen-bond acceptors (Lipinski definition) is 3. The van der Waals surface area contributed by atoms with Crippen LogP contribution < -0.4 is 5.32 Å². The van der Waals surface area contributed by atoms with Crippen molar-refractivity contribution in [2.45, 2.75) is 19.4 Å². The SMILES string of the molecule is CNC(Cc1cccc(F)c1F)c1ncc(C)cn1. The summed E-state index contributed by atoms with van der Waals surface area (Å²) < 4.78 is 26.8. The van der Waals surface area contributed by atoms with Gasteiger partial charge in [-0.1, -0.05) is 12.1 Å². The summed E-state index contributed by atoms with van der Waals surface area (Å²) in [5, 5.41) is 3.02. The molecule has 0 fully saturated rings. The van der Waals surface area contributed by atoms with E-state index in [0.717, 1.165) is 11.6 Å². The molecule has 0 amide bonds. The van der Waals surface area contributed by atoms with Gasteiger partial charge in [0.05, 0.1) is 6.04 Å². The molecule has 2 aromatic rings. The van der Waals surface area contributed by atoms with E-state index in [2.05, 4.69) is 15.3 Å². The molecule has 0 aliphatic carbocycles. The summed E-state index contributed by atoms with van der Waals surface area (Å²) in [5.41, 5.74) is 1.26. The highest BCUT2D eigenvalue weighted by atomic mass is 19.2. The summed E-state index contributed by atoms with van der Waals surface area (Å²) in [5.74, 6) is -1.08. The Hall–Kier alpha value is -1.88. The quantitative estimate of drug-likeness (QED) is 0.921. The van der Waals surface area contributed by atoms with E-state index in [-0.39, 0.29) is 6.04 Å². The molecule has 3 nitrogen and oxygen atoms in total. The number of halogens is 2. The third kappa shape index (κ3) is 3.12. The van der Waals surface area contributed by atoms with Gasteiger partial charge in [-0.15, -0.1) is 0 Å². The van der Waals surface area contributed by atoms with E-state index in [0.29, 0.717) is 17.8 Å². The average Bonchev–Trinajstić information content (AvgIpc) is 2.42. The molecule has 1 heterocycles. The lowest BCUT2D eigenvalue weighted by Gasteiger charge is -2.15. The fourth-order valence-electron chi connectivity index (χ4n) is 1.83. The summed E-state index contributed by atoms with van der Waals surface area (Å²) in [6, 6.07) is 3.92. The summed E-state index contributed by atoms with van der Waals surface area (Å²) >= 11 is 0. The normalized spacial score (nSPS) is 12.4. The van der Waals surface area contributed by atoms with E-state index < -0.39 is 11.6 Å². The molecule has 0 aliphatic heterocycles. The van der Waals surface area contributed by atoms with E-state index in [1.165, 1.54) is 6.07 Å². The average molecular weight is 263 g/mol. The molecule has 0 radical (unpaired) electrons. The zero-order valence-electron chi connectivity index (χ0n) is 10.8. The van der Waals surface area contributed by atoms with E-state index in [4.69, 9.17) is 0 Å². The van der Waals surface area contributed by atoms with Crippen molar-refractivity contribution in [3.63, 3.8) is 0 Å². The van der Waals surface area contributed by atoms with Crippen LogP contribution in [-0.2, 0) is 6.42 Å². The third-order valence-electron chi connectivity index (χ3n) is 2.92. The Bertz CT molecular complexity index is 555. The second kappa shape index (κ2) is 5.84. The van der Waals surface area contributed by atoms with Crippen LogP contribution in [0.2, 0.25) is 0 Å². The molecular formula is C14H15F2N3. The lowest BCUT2D eigenvalue weighted by Crippen LogP contribution is -2.22. The zero-order valence-corrected chi connectivity index (χ0v) is 10.8. The molecular weight excluding hydrogens is 248 g/mol. The maximum Gasteiger partial charge on any atom is 0.162 e. The minimum absolute atomic E-state index is 0.253. The molecule has 0 saturated carbocycles. The van der Waals surface area contributed by atoms with Crippen molar-refractivity contribution in [3.05, 3.63) is 59.2 Å². The van der Waals surface area contributed by atoms with Gasteiger partial charge in [-0.25, -0.2) is 18.7 Å². The highest BCUT2D eigenvalue weighted by Crippen LogP contribution is 2.18. The maximum absolute atomic E-state index is 13.6. The van der Waals surface area contributed by atoms with Crippen LogP contribution in [0.5, 0.6) is 0 Å². The molecule has 0 spiro atoms. The van der Waals surface area contributed by atoms with E-state index in [9.17, 15) is 8.78 Å². The van der Waals surface area contributed by atoms with Crippen LogP contribution in [0.1, 0.15) is 23.0 Å². The lowest BCUT2D eigenvalue weighted by atomic mass is 10.0. The van der Waals surface area contributed by atoms with Crippen LogP contribution in [0.15, 0.2) is 30.6 Å². The van der Waals surface area contributed by atoms with Crippen molar-refractivity contribution in [3.8, 4) is 0 Å². The number of benzene rings is 1. The van der Waals surface area contributed by atoms with Crippen molar-refractivity contribution >= 4 is 0 Å². The summed E-state index contributed by atoms with van der Waals surface area (Å²) in [6.45, 7) is 1.89. The van der Waals surface area contributed by atoms with Gasteiger partial charge in [-0.3, -0.25) is 0 Å². The van der Waals surface area contributed by atoms with Crippen molar-refractivity contribution < 1.29 is 8.78 Å². The molecule has 2 rings (SSSR count). The smallest absolute Gasteiger partial charge is 0.162 e. The Morgan fingerprint density at radius 1 is 1.21 bits per heavy atom. The summed E-state index contributed by atoms with van der Waals surface area (Å²) in [7, 11) is 1.74. The third-order valence-corrected chi connectivity index (χ3v) is 2.92. The van der Waals surface area contributed by atoms with E-state index in [1.54, 1.807) is 25.5 Å². The Balaban J connectivity index is 2.24. The highest BCUT2D eigenvalue weighted by Gasteiger charge is 2.16. The molecule has 0 bridgehead atoms. The lowest BCUT2D eigenvalue weighted by molar-refractivity contribution is 0.482. The summed E-state index contributed by atoms with van der Waals surface area (Å²) in [6.07, 6.45) is 3.70. The van der Waals surface area contributed by atoms with Gasteiger partial charge in [-0.2, -0.15) is 0 Å². The van der Waals surface area contributed by atoms with E-state index >= 15 is 0 Å².